The molecule has 0 bridgehead atoms. The summed E-state index contributed by atoms with van der Waals surface area (Å²) in [5.74, 6) is -0.113. The van der Waals surface area contributed by atoms with Crippen LogP contribution in [0.25, 0.3) is 0 Å². The van der Waals surface area contributed by atoms with Crippen LogP contribution >= 0.6 is 11.5 Å². The van der Waals surface area contributed by atoms with E-state index in [9.17, 15) is 9.59 Å². The summed E-state index contributed by atoms with van der Waals surface area (Å²) in [5.41, 5.74) is -0.0471. The Morgan fingerprint density at radius 2 is 2.00 bits per heavy atom. The monoisotopic (exact) mass is 452 g/mol. The van der Waals surface area contributed by atoms with Gasteiger partial charge >= 0.3 is 6.03 Å². The molecule has 0 aromatic carbocycles. The number of carbonyl (C=O) groups is 2. The second-order valence-electron chi connectivity index (χ2n) is 10.3. The minimum absolute atomic E-state index is 0.0596. The summed E-state index contributed by atoms with van der Waals surface area (Å²) in [6.45, 7) is 14.8. The number of unbranched alkanes of at least 4 members (excludes halogenated alkanes) is 1. The van der Waals surface area contributed by atoms with E-state index in [0.717, 1.165) is 29.5 Å². The molecule has 0 saturated heterocycles. The van der Waals surface area contributed by atoms with E-state index in [1.165, 1.54) is 0 Å². The lowest BCUT2D eigenvalue weighted by Crippen LogP contribution is -2.51. The number of hydrogen-bond acceptors (Lipinski definition) is 4. The molecule has 2 unspecified atom stereocenters. The number of rotatable bonds is 7. The van der Waals surface area contributed by atoms with Crippen molar-refractivity contribution in [2.24, 2.45) is 15.8 Å². The van der Waals surface area contributed by atoms with Crippen LogP contribution in [0.15, 0.2) is 11.2 Å². The first-order valence-electron chi connectivity index (χ1n) is 11.3. The zero-order valence-corrected chi connectivity index (χ0v) is 21.0. The van der Waals surface area contributed by atoms with E-state index in [2.05, 4.69) is 53.5 Å². The molecule has 3 amide bonds. The van der Waals surface area contributed by atoms with Crippen LogP contribution < -0.4 is 15.3 Å². The van der Waals surface area contributed by atoms with Crippen LogP contribution in [0.1, 0.15) is 79.7 Å². The smallest absolute Gasteiger partial charge is 0.315 e. The van der Waals surface area contributed by atoms with E-state index in [1.807, 2.05) is 20.8 Å². The van der Waals surface area contributed by atoms with Gasteiger partial charge in [0.25, 0.3) is 5.91 Å². The maximum atomic E-state index is 13.5. The summed E-state index contributed by atoms with van der Waals surface area (Å²) in [5, 5.41) is 14.5. The fourth-order valence-corrected chi connectivity index (χ4v) is 5.10. The molecule has 2 rings (SSSR count). The van der Waals surface area contributed by atoms with Gasteiger partial charge in [0.15, 0.2) is 0 Å². The number of urea groups is 1. The third-order valence-electron chi connectivity index (χ3n) is 6.80. The molecule has 1 heterocycles. The van der Waals surface area contributed by atoms with Gasteiger partial charge in [0.05, 0.1) is 12.0 Å². The summed E-state index contributed by atoms with van der Waals surface area (Å²) in [7, 11) is 0. The van der Waals surface area contributed by atoms with Crippen molar-refractivity contribution in [1.29, 1.82) is 0 Å². The van der Waals surface area contributed by atoms with Crippen molar-refractivity contribution < 1.29 is 14.7 Å². The molecule has 8 heteroatoms. The SMILES string of the molecule is CCCCc1cn(C(C)(C)C)sc1=NC(=O)C1(C)CCC(NC(=O)NCCO)C1(C)C. The van der Waals surface area contributed by atoms with Crippen molar-refractivity contribution in [2.75, 3.05) is 13.2 Å². The Labute approximate surface area is 190 Å². The van der Waals surface area contributed by atoms with Gasteiger partial charge in [0.1, 0.15) is 4.67 Å². The Morgan fingerprint density at radius 3 is 2.58 bits per heavy atom. The van der Waals surface area contributed by atoms with Crippen molar-refractivity contribution >= 4 is 23.5 Å². The number of aliphatic hydroxyl groups excluding tert-OH is 1. The number of amides is 3. The molecule has 1 aliphatic carbocycles. The van der Waals surface area contributed by atoms with Gasteiger partial charge in [-0.15, -0.1) is 0 Å². The van der Waals surface area contributed by atoms with E-state index >= 15 is 0 Å². The lowest BCUT2D eigenvalue weighted by atomic mass is 9.67. The largest absolute Gasteiger partial charge is 0.395 e. The van der Waals surface area contributed by atoms with E-state index < -0.39 is 10.8 Å². The number of carbonyl (C=O) groups excluding carboxylic acids is 2. The van der Waals surface area contributed by atoms with Crippen LogP contribution in [0.2, 0.25) is 0 Å². The molecule has 176 valence electrons. The zero-order chi connectivity index (χ0) is 23.4. The van der Waals surface area contributed by atoms with Gasteiger partial charge in [-0.3, -0.25) is 8.75 Å². The van der Waals surface area contributed by atoms with Crippen LogP contribution in [0, 0.1) is 10.8 Å². The predicted octanol–water partition coefficient (Wildman–Crippen LogP) is 3.56. The Morgan fingerprint density at radius 1 is 1.32 bits per heavy atom. The van der Waals surface area contributed by atoms with Crippen molar-refractivity contribution in [1.82, 2.24) is 14.6 Å². The topological polar surface area (TPSA) is 95.7 Å². The molecular weight excluding hydrogens is 412 g/mol. The van der Waals surface area contributed by atoms with Gasteiger partial charge in [0.2, 0.25) is 0 Å². The first-order chi connectivity index (χ1) is 14.4. The maximum absolute atomic E-state index is 13.5. The second-order valence-corrected chi connectivity index (χ2v) is 11.3. The Hall–Kier alpha value is -1.67. The highest BCUT2D eigenvalue weighted by Gasteiger charge is 2.56. The molecule has 0 spiro atoms. The van der Waals surface area contributed by atoms with Gasteiger partial charge in [-0.25, -0.2) is 9.79 Å². The van der Waals surface area contributed by atoms with E-state index in [4.69, 9.17) is 5.11 Å². The fourth-order valence-electron chi connectivity index (χ4n) is 4.07. The summed E-state index contributed by atoms with van der Waals surface area (Å²) in [4.78, 5) is 30.3. The highest BCUT2D eigenvalue weighted by molar-refractivity contribution is 7.04. The standard InChI is InChI=1S/C23H40N4O3S/c1-8-9-10-16-15-27(21(2,3)4)31-18(16)26-19(29)23(7)12-11-17(22(23,5)6)25-20(30)24-13-14-28/h15,17,28H,8-14H2,1-7H3,(H2,24,25,30). The van der Waals surface area contributed by atoms with Crippen LogP contribution in [0.3, 0.4) is 0 Å². The predicted molar refractivity (Wildman–Crippen MR) is 125 cm³/mol. The Kier molecular flexibility index (Phi) is 8.14. The van der Waals surface area contributed by atoms with Crippen molar-refractivity contribution in [3.63, 3.8) is 0 Å². The van der Waals surface area contributed by atoms with E-state index in [-0.39, 0.29) is 36.7 Å². The van der Waals surface area contributed by atoms with Gasteiger partial charge in [0, 0.05) is 29.9 Å². The average Bonchev–Trinajstić information content (AvgIpc) is 3.19. The quantitative estimate of drug-likeness (QED) is 0.590. The number of aryl methyl sites for hydroxylation is 1. The lowest BCUT2D eigenvalue weighted by Gasteiger charge is -2.39. The molecule has 1 fully saturated rings. The molecule has 0 radical (unpaired) electrons. The Balaban J connectivity index is 2.32. The first-order valence-corrected chi connectivity index (χ1v) is 12.1. The minimum Gasteiger partial charge on any atom is -0.395 e. The molecular formula is C23H40N4O3S. The summed E-state index contributed by atoms with van der Waals surface area (Å²) >= 11 is 1.55. The highest BCUT2D eigenvalue weighted by Crippen LogP contribution is 2.53. The van der Waals surface area contributed by atoms with Gasteiger partial charge in [-0.2, -0.15) is 0 Å². The molecule has 1 aromatic rings. The molecule has 1 aliphatic rings. The zero-order valence-electron chi connectivity index (χ0n) is 20.2. The number of aromatic nitrogens is 1. The number of hydrogen-bond donors (Lipinski definition) is 3. The van der Waals surface area contributed by atoms with Crippen molar-refractivity contribution in [3.8, 4) is 0 Å². The summed E-state index contributed by atoms with van der Waals surface area (Å²) in [6, 6.07) is -0.454. The minimum atomic E-state index is -0.666. The molecule has 2 atom stereocenters. The maximum Gasteiger partial charge on any atom is 0.315 e. The first kappa shape index (κ1) is 25.6. The summed E-state index contributed by atoms with van der Waals surface area (Å²) in [6.07, 6.45) is 6.60. The number of nitrogens with one attached hydrogen (secondary N) is 2. The van der Waals surface area contributed by atoms with E-state index in [1.54, 1.807) is 11.5 Å². The highest BCUT2D eigenvalue weighted by atomic mass is 32.1. The third-order valence-corrected chi connectivity index (χ3v) is 8.17. The molecule has 1 saturated carbocycles. The van der Waals surface area contributed by atoms with Gasteiger partial charge in [-0.1, -0.05) is 34.1 Å². The summed E-state index contributed by atoms with van der Waals surface area (Å²) < 4.78 is 2.99. The van der Waals surface area contributed by atoms with Crippen LogP contribution in [-0.2, 0) is 16.8 Å². The molecule has 0 aliphatic heterocycles. The van der Waals surface area contributed by atoms with Crippen LogP contribution in [0.4, 0.5) is 4.79 Å². The van der Waals surface area contributed by atoms with Crippen LogP contribution in [0.5, 0.6) is 0 Å². The van der Waals surface area contributed by atoms with E-state index in [0.29, 0.717) is 12.8 Å². The van der Waals surface area contributed by atoms with Gasteiger partial charge < -0.3 is 15.7 Å². The molecule has 1 aromatic heterocycles. The van der Waals surface area contributed by atoms with Gasteiger partial charge in [-0.05, 0) is 63.4 Å². The normalized spacial score (nSPS) is 23.7. The molecule has 7 nitrogen and oxygen atoms in total. The van der Waals surface area contributed by atoms with Crippen molar-refractivity contribution in [2.45, 2.75) is 92.2 Å². The van der Waals surface area contributed by atoms with Crippen LogP contribution in [-0.4, -0.2) is 40.2 Å². The average molecular weight is 453 g/mol. The van der Waals surface area contributed by atoms with Crippen molar-refractivity contribution in [3.05, 3.63) is 16.4 Å². The molecule has 31 heavy (non-hydrogen) atoms. The third kappa shape index (κ3) is 5.58. The number of aliphatic hydroxyl groups is 1. The lowest BCUT2D eigenvalue weighted by molar-refractivity contribution is -0.131. The molecule has 3 N–H and O–H groups in total. The Bertz CT molecular complexity index is 850. The fraction of sp³-hybridized carbons (Fsp3) is 0.783. The number of nitrogens with zero attached hydrogens (tertiary/aromatic N) is 2. The second kappa shape index (κ2) is 9.86.